The second-order valence-electron chi connectivity index (χ2n) is 3.06. The summed E-state index contributed by atoms with van der Waals surface area (Å²) in [7, 11) is 1.85. The van der Waals surface area contributed by atoms with E-state index >= 15 is 0 Å². The van der Waals surface area contributed by atoms with Crippen LogP contribution in [0.3, 0.4) is 0 Å². The van der Waals surface area contributed by atoms with E-state index in [2.05, 4.69) is 4.98 Å². The zero-order chi connectivity index (χ0) is 11.3. The van der Waals surface area contributed by atoms with Gasteiger partial charge >= 0.3 is 0 Å². The van der Waals surface area contributed by atoms with Crippen LogP contribution in [-0.4, -0.2) is 9.55 Å². The van der Waals surface area contributed by atoms with Crippen LogP contribution in [0, 0.1) is 0 Å². The lowest BCUT2D eigenvalue weighted by molar-refractivity contribution is 0.930. The van der Waals surface area contributed by atoms with Crippen LogP contribution in [0.25, 0.3) is 0 Å². The lowest BCUT2D eigenvalue weighted by Gasteiger charge is -1.90. The van der Waals surface area contributed by atoms with Crippen molar-refractivity contribution in [3.8, 4) is 0 Å². The van der Waals surface area contributed by atoms with Gasteiger partial charge in [0.1, 0.15) is 0 Å². The van der Waals surface area contributed by atoms with Crippen LogP contribution in [0.15, 0.2) is 36.7 Å². The zero-order valence-corrected chi connectivity index (χ0v) is 8.59. The maximum Gasteiger partial charge on any atom is 0.199 e. The largest absolute Gasteiger partial charge is 0.399 e. The van der Waals surface area contributed by atoms with Crippen LogP contribution in [0.2, 0.25) is 0 Å². The fraction of sp³-hybridized carbons (Fsp3) is 0.100. The molecule has 0 bridgehead atoms. The van der Waals surface area contributed by atoms with E-state index in [9.17, 15) is 0 Å². The average molecular weight is 205 g/mol. The van der Waals surface area contributed by atoms with Crippen molar-refractivity contribution in [1.82, 2.24) is 9.55 Å². The normalized spacial score (nSPS) is 9.13. The molecule has 0 amide bonds. The minimum absolute atomic E-state index is 0.556. The van der Waals surface area contributed by atoms with Gasteiger partial charge in [0.2, 0.25) is 0 Å². The number of aryl methyl sites for hydroxylation is 1. The molecule has 15 heavy (non-hydrogen) atoms. The highest BCUT2D eigenvalue weighted by Crippen LogP contribution is 2.04. The summed E-state index contributed by atoms with van der Waals surface area (Å²) in [6.07, 6.45) is 3.46. The van der Waals surface area contributed by atoms with E-state index < -0.39 is 0 Å². The summed E-state index contributed by atoms with van der Waals surface area (Å²) in [4.78, 5) is 3.76. The number of imidazole rings is 1. The lowest BCUT2D eigenvalue weighted by Crippen LogP contribution is -1.94. The Balaban J connectivity index is 0.000000151. The number of aromatic nitrogens is 2. The fourth-order valence-electron chi connectivity index (χ4n) is 0.873. The van der Waals surface area contributed by atoms with Gasteiger partial charge in [-0.1, -0.05) is 0 Å². The Morgan fingerprint density at radius 2 is 1.47 bits per heavy atom. The van der Waals surface area contributed by atoms with Crippen LogP contribution < -0.4 is 17.2 Å². The number of anilines is 3. The first kappa shape index (κ1) is 10.9. The molecule has 1 heterocycles. The predicted molar refractivity (Wildman–Crippen MR) is 62.9 cm³/mol. The highest BCUT2D eigenvalue weighted by Gasteiger charge is 1.84. The van der Waals surface area contributed by atoms with Crippen LogP contribution in [-0.2, 0) is 7.05 Å². The van der Waals surface area contributed by atoms with Crippen molar-refractivity contribution in [3.63, 3.8) is 0 Å². The van der Waals surface area contributed by atoms with Gasteiger partial charge in [-0.15, -0.1) is 0 Å². The van der Waals surface area contributed by atoms with E-state index in [1.807, 2.05) is 7.05 Å². The first-order chi connectivity index (χ1) is 7.09. The van der Waals surface area contributed by atoms with Crippen LogP contribution in [0.1, 0.15) is 0 Å². The third-order valence-electron chi connectivity index (χ3n) is 1.79. The number of hydrogen-bond acceptors (Lipinski definition) is 4. The summed E-state index contributed by atoms with van der Waals surface area (Å²) >= 11 is 0. The molecule has 0 aliphatic carbocycles. The first-order valence-corrected chi connectivity index (χ1v) is 4.43. The van der Waals surface area contributed by atoms with Gasteiger partial charge in [-0.2, -0.15) is 0 Å². The molecule has 80 valence electrons. The van der Waals surface area contributed by atoms with Gasteiger partial charge in [0, 0.05) is 30.8 Å². The van der Waals surface area contributed by atoms with E-state index in [4.69, 9.17) is 17.2 Å². The van der Waals surface area contributed by atoms with Crippen molar-refractivity contribution in [3.05, 3.63) is 36.7 Å². The van der Waals surface area contributed by atoms with Crippen LogP contribution in [0.5, 0.6) is 0 Å². The number of nitrogens with zero attached hydrogens (tertiary/aromatic N) is 2. The van der Waals surface area contributed by atoms with Gasteiger partial charge in [0.25, 0.3) is 0 Å². The summed E-state index contributed by atoms with van der Waals surface area (Å²) in [5.74, 6) is 0.556. The predicted octanol–water partition coefficient (Wildman–Crippen LogP) is 0.853. The quantitative estimate of drug-likeness (QED) is 0.555. The molecule has 2 rings (SSSR count). The van der Waals surface area contributed by atoms with Gasteiger partial charge < -0.3 is 21.8 Å². The molecule has 1 aromatic heterocycles. The highest BCUT2D eigenvalue weighted by molar-refractivity contribution is 5.47. The second kappa shape index (κ2) is 4.90. The molecule has 0 atom stereocenters. The molecule has 0 aliphatic rings. The molecule has 2 aromatic rings. The van der Waals surface area contributed by atoms with Crippen molar-refractivity contribution >= 4 is 17.3 Å². The molecular formula is C10H15N5. The van der Waals surface area contributed by atoms with Crippen LogP contribution in [0.4, 0.5) is 17.3 Å². The molecule has 0 fully saturated rings. The Bertz CT molecular complexity index is 367. The number of benzene rings is 1. The van der Waals surface area contributed by atoms with Gasteiger partial charge in [0.15, 0.2) is 5.95 Å². The molecule has 0 unspecified atom stereocenters. The van der Waals surface area contributed by atoms with Crippen molar-refractivity contribution < 1.29 is 0 Å². The van der Waals surface area contributed by atoms with E-state index in [-0.39, 0.29) is 0 Å². The molecule has 5 nitrogen and oxygen atoms in total. The van der Waals surface area contributed by atoms with Crippen molar-refractivity contribution in [1.29, 1.82) is 0 Å². The SMILES string of the molecule is Cn1ccnc1N.Nc1ccc(N)cc1. The molecular weight excluding hydrogens is 190 g/mol. The summed E-state index contributed by atoms with van der Waals surface area (Å²) in [5.41, 5.74) is 17.5. The smallest absolute Gasteiger partial charge is 0.199 e. The van der Waals surface area contributed by atoms with Crippen molar-refractivity contribution in [2.45, 2.75) is 0 Å². The minimum Gasteiger partial charge on any atom is -0.399 e. The molecule has 0 aliphatic heterocycles. The van der Waals surface area contributed by atoms with Gasteiger partial charge in [-0.25, -0.2) is 4.98 Å². The topological polar surface area (TPSA) is 95.9 Å². The molecule has 5 heteroatoms. The average Bonchev–Trinajstić information content (AvgIpc) is 2.57. The summed E-state index contributed by atoms with van der Waals surface area (Å²) in [6, 6.07) is 7.09. The third kappa shape index (κ3) is 3.60. The molecule has 0 saturated carbocycles. The minimum atomic E-state index is 0.556. The van der Waals surface area contributed by atoms with E-state index in [1.165, 1.54) is 0 Å². The Hall–Kier alpha value is -2.17. The van der Waals surface area contributed by atoms with Crippen LogP contribution >= 0.6 is 0 Å². The van der Waals surface area contributed by atoms with Gasteiger partial charge in [-0.3, -0.25) is 0 Å². The monoisotopic (exact) mass is 205 g/mol. The molecule has 0 saturated heterocycles. The maximum atomic E-state index is 5.37. The first-order valence-electron chi connectivity index (χ1n) is 4.43. The standard InChI is InChI=1S/C6H8N2.C4H7N3/c7-5-1-2-6(8)4-3-5;1-7-3-2-6-4(7)5/h1-4H,7-8H2;2-3H,1H3,(H2,5,6). The Morgan fingerprint density at radius 3 is 1.67 bits per heavy atom. The Labute approximate surface area is 88.5 Å². The number of nitrogens with two attached hydrogens (primary N) is 3. The number of rotatable bonds is 0. The lowest BCUT2D eigenvalue weighted by atomic mass is 10.3. The maximum absolute atomic E-state index is 5.37. The van der Waals surface area contributed by atoms with E-state index in [1.54, 1.807) is 41.2 Å². The summed E-state index contributed by atoms with van der Waals surface area (Å²) < 4.78 is 1.75. The summed E-state index contributed by atoms with van der Waals surface area (Å²) in [5, 5.41) is 0. The Kier molecular flexibility index (Phi) is 3.56. The van der Waals surface area contributed by atoms with Gasteiger partial charge in [0.05, 0.1) is 0 Å². The third-order valence-corrected chi connectivity index (χ3v) is 1.79. The molecule has 0 spiro atoms. The zero-order valence-electron chi connectivity index (χ0n) is 8.59. The number of hydrogen-bond donors (Lipinski definition) is 3. The number of nitrogen functional groups attached to an aromatic ring is 3. The van der Waals surface area contributed by atoms with Gasteiger partial charge in [-0.05, 0) is 24.3 Å². The molecule has 0 radical (unpaired) electrons. The Morgan fingerprint density at radius 1 is 1.00 bits per heavy atom. The summed E-state index contributed by atoms with van der Waals surface area (Å²) in [6.45, 7) is 0. The van der Waals surface area contributed by atoms with Crippen molar-refractivity contribution in [2.75, 3.05) is 17.2 Å². The molecule has 6 N–H and O–H groups in total. The second-order valence-corrected chi connectivity index (χ2v) is 3.06. The molecule has 1 aromatic carbocycles. The van der Waals surface area contributed by atoms with E-state index in [0.717, 1.165) is 11.4 Å². The van der Waals surface area contributed by atoms with E-state index in [0.29, 0.717) is 5.95 Å². The highest BCUT2D eigenvalue weighted by atomic mass is 15.1. The fourth-order valence-corrected chi connectivity index (χ4v) is 0.873. The van der Waals surface area contributed by atoms with Crippen molar-refractivity contribution in [2.24, 2.45) is 7.05 Å².